The molecule has 12 rings (SSSR count). The van der Waals surface area contributed by atoms with E-state index in [1.807, 2.05) is 11.3 Å². The summed E-state index contributed by atoms with van der Waals surface area (Å²) in [5.74, 6) is 0. The third-order valence-corrected chi connectivity index (χ3v) is 17.4. The van der Waals surface area contributed by atoms with Gasteiger partial charge in [-0.1, -0.05) is 183 Å². The van der Waals surface area contributed by atoms with Gasteiger partial charge in [0.15, 0.2) is 0 Å². The van der Waals surface area contributed by atoms with Crippen molar-refractivity contribution in [3.63, 3.8) is 0 Å². The molecular formula is C68H69BN2S. The van der Waals surface area contributed by atoms with Crippen LogP contribution in [0.5, 0.6) is 0 Å². The molecule has 0 atom stereocenters. The number of hydrogen-bond donors (Lipinski definition) is 0. The summed E-state index contributed by atoms with van der Waals surface area (Å²) in [6.45, 7) is 35.3. The van der Waals surface area contributed by atoms with Crippen LogP contribution in [0, 0.1) is 0 Å². The van der Waals surface area contributed by atoms with Gasteiger partial charge in [0.25, 0.3) is 6.71 Å². The van der Waals surface area contributed by atoms with Crippen LogP contribution in [0.1, 0.15) is 132 Å². The molecule has 0 spiro atoms. The number of nitrogens with zero attached hydrogens (tertiary/aromatic N) is 2. The topological polar surface area (TPSA) is 6.48 Å². The fourth-order valence-electron chi connectivity index (χ4n) is 11.8. The van der Waals surface area contributed by atoms with Crippen molar-refractivity contribution in [1.29, 1.82) is 0 Å². The molecule has 4 heteroatoms. The van der Waals surface area contributed by atoms with Gasteiger partial charge in [-0.15, -0.1) is 11.3 Å². The lowest BCUT2D eigenvalue weighted by molar-refractivity contribution is 0.589. The molecule has 2 aliphatic heterocycles. The number of fused-ring (bicyclic) bond motifs is 6. The van der Waals surface area contributed by atoms with E-state index in [0.29, 0.717) is 0 Å². The summed E-state index contributed by atoms with van der Waals surface area (Å²) >= 11 is 2.00. The van der Waals surface area contributed by atoms with Gasteiger partial charge in [-0.3, -0.25) is 0 Å². The van der Waals surface area contributed by atoms with Gasteiger partial charge in [-0.05, 0) is 170 Å². The van der Waals surface area contributed by atoms with Crippen molar-refractivity contribution in [2.24, 2.45) is 0 Å². The molecule has 2 aliphatic rings. The predicted molar refractivity (Wildman–Crippen MR) is 318 cm³/mol. The molecule has 3 heterocycles. The average molecular weight is 957 g/mol. The van der Waals surface area contributed by atoms with Gasteiger partial charge in [-0.25, -0.2) is 0 Å². The molecule has 0 radical (unpaired) electrons. The van der Waals surface area contributed by atoms with E-state index in [4.69, 9.17) is 0 Å². The summed E-state index contributed by atoms with van der Waals surface area (Å²) in [7, 11) is 0. The van der Waals surface area contributed by atoms with Crippen LogP contribution in [0.3, 0.4) is 0 Å². The lowest BCUT2D eigenvalue weighted by Crippen LogP contribution is -2.60. The third-order valence-electron chi connectivity index (χ3n) is 16.1. The Morgan fingerprint density at radius 2 is 0.875 bits per heavy atom. The zero-order valence-corrected chi connectivity index (χ0v) is 46.1. The van der Waals surface area contributed by atoms with Crippen molar-refractivity contribution in [1.82, 2.24) is 0 Å². The van der Waals surface area contributed by atoms with Crippen LogP contribution in [0.2, 0.25) is 0 Å². The van der Waals surface area contributed by atoms with Crippen LogP contribution in [0.25, 0.3) is 53.5 Å². The highest BCUT2D eigenvalue weighted by molar-refractivity contribution is 7.33. The molecule has 0 N–H and O–H groups in total. The van der Waals surface area contributed by atoms with Crippen molar-refractivity contribution in [2.45, 2.75) is 131 Å². The normalized spacial score (nSPS) is 14.2. The Kier molecular flexibility index (Phi) is 10.1. The predicted octanol–water partition coefficient (Wildman–Crippen LogP) is 18.0. The van der Waals surface area contributed by atoms with Crippen molar-refractivity contribution < 1.29 is 0 Å². The van der Waals surface area contributed by atoms with E-state index in [2.05, 4.69) is 259 Å². The maximum absolute atomic E-state index is 2.68. The van der Waals surface area contributed by atoms with Gasteiger partial charge >= 0.3 is 0 Å². The van der Waals surface area contributed by atoms with E-state index in [0.717, 1.165) is 0 Å². The Hall–Kier alpha value is -6.36. The van der Waals surface area contributed by atoms with E-state index in [9.17, 15) is 0 Å². The maximum Gasteiger partial charge on any atom is 0.264 e. The number of rotatable bonds is 3. The van der Waals surface area contributed by atoms with Crippen molar-refractivity contribution in [2.75, 3.05) is 9.80 Å². The SMILES string of the molecule is CC(C)(C)c1ccc(N2c3cc(C(C)(C)C)cc4c3B(c3cc(C(C)(C)C)ccc3N4c3ccc(C(C)(C)C)cc3-c3cc4ccc5cccc6ccc(c3)c4c56)c3sc4ccc(C(C)(C)C)cc4c32)cc1. The second-order valence-corrected chi connectivity index (χ2v) is 27.5. The lowest BCUT2D eigenvalue weighted by Gasteiger charge is -2.45. The van der Waals surface area contributed by atoms with E-state index >= 15 is 0 Å². The third kappa shape index (κ3) is 7.33. The molecule has 1 aromatic heterocycles. The van der Waals surface area contributed by atoms with E-state index in [1.165, 1.54) is 131 Å². The molecule has 0 saturated carbocycles. The molecule has 0 amide bonds. The quantitative estimate of drug-likeness (QED) is 0.129. The van der Waals surface area contributed by atoms with Gasteiger partial charge in [0.05, 0.1) is 11.4 Å². The molecule has 0 saturated heterocycles. The molecule has 9 aromatic carbocycles. The van der Waals surface area contributed by atoms with Gasteiger partial charge in [0.1, 0.15) is 0 Å². The first-order chi connectivity index (χ1) is 33.8. The standard InChI is InChI=1S/C68H69BN2S/c1-64(2,3)45-23-28-50(29-24-45)70-56-38-49(68(13,14)15)39-57-61(56)69(63-62(70)52-36-47(66(7,8)9)27-32-58(52)72-63)53-37-48(67(10,11)12)26-31-55(53)71(57)54-30-25-46(65(4,5)6)35-51(54)44-33-42-21-19-40-17-16-18-41-20-22-43(34-44)60(42)59(40)41/h16-39H,1-15H3. The molecule has 0 unspecified atom stereocenters. The largest absolute Gasteiger partial charge is 0.311 e. The first kappa shape index (κ1) is 46.7. The van der Waals surface area contributed by atoms with Crippen LogP contribution in [0.15, 0.2) is 146 Å². The number of hydrogen-bond acceptors (Lipinski definition) is 3. The van der Waals surface area contributed by atoms with Gasteiger partial charge in [0, 0.05) is 43.2 Å². The summed E-state index contributed by atoms with van der Waals surface area (Å²) in [6.07, 6.45) is 0. The fraction of sp³-hybridized carbons (Fsp3) is 0.294. The first-order valence-electron chi connectivity index (χ1n) is 26.3. The van der Waals surface area contributed by atoms with Crippen molar-refractivity contribution in [3.8, 4) is 11.1 Å². The molecular weight excluding hydrogens is 888 g/mol. The highest BCUT2D eigenvalue weighted by atomic mass is 32.1. The van der Waals surface area contributed by atoms with Crippen LogP contribution in [-0.2, 0) is 27.1 Å². The molecule has 2 nitrogen and oxygen atoms in total. The molecule has 10 aromatic rings. The van der Waals surface area contributed by atoms with Gasteiger partial charge in [0.2, 0.25) is 0 Å². The monoisotopic (exact) mass is 957 g/mol. The molecule has 0 fully saturated rings. The summed E-state index contributed by atoms with van der Waals surface area (Å²) in [4.78, 5) is 5.34. The second-order valence-electron chi connectivity index (χ2n) is 26.4. The second kappa shape index (κ2) is 15.6. The Morgan fingerprint density at radius 1 is 0.389 bits per heavy atom. The summed E-state index contributed by atoms with van der Waals surface area (Å²) in [5.41, 5.74) is 19.2. The summed E-state index contributed by atoms with van der Waals surface area (Å²) < 4.78 is 2.75. The highest BCUT2D eigenvalue weighted by Crippen LogP contribution is 2.52. The first-order valence-corrected chi connectivity index (χ1v) is 27.1. The van der Waals surface area contributed by atoms with Gasteiger partial charge in [-0.2, -0.15) is 0 Å². The smallest absolute Gasteiger partial charge is 0.264 e. The van der Waals surface area contributed by atoms with E-state index < -0.39 is 0 Å². The maximum atomic E-state index is 2.68. The summed E-state index contributed by atoms with van der Waals surface area (Å²) in [6, 6.07) is 57.7. The molecule has 360 valence electrons. The lowest BCUT2D eigenvalue weighted by atomic mass is 9.36. The van der Waals surface area contributed by atoms with Crippen molar-refractivity contribution >= 4 is 110 Å². The van der Waals surface area contributed by atoms with E-state index in [1.54, 1.807) is 0 Å². The van der Waals surface area contributed by atoms with Gasteiger partial charge < -0.3 is 9.80 Å². The molecule has 0 bridgehead atoms. The number of anilines is 6. The molecule has 72 heavy (non-hydrogen) atoms. The Labute approximate surface area is 433 Å². The zero-order chi connectivity index (χ0) is 50.8. The summed E-state index contributed by atoms with van der Waals surface area (Å²) in [5, 5.41) is 9.18. The van der Waals surface area contributed by atoms with Crippen LogP contribution in [0.4, 0.5) is 34.1 Å². The van der Waals surface area contributed by atoms with Crippen LogP contribution >= 0.6 is 11.3 Å². The number of thiophene rings is 1. The van der Waals surface area contributed by atoms with E-state index in [-0.39, 0.29) is 33.8 Å². The zero-order valence-electron chi connectivity index (χ0n) is 45.2. The fourth-order valence-corrected chi connectivity index (χ4v) is 13.1. The minimum atomic E-state index is -0.144. The molecule has 0 aliphatic carbocycles. The minimum absolute atomic E-state index is 0.00305. The van der Waals surface area contributed by atoms with Crippen LogP contribution < -0.4 is 25.5 Å². The Morgan fingerprint density at radius 3 is 1.46 bits per heavy atom. The Bertz CT molecular complexity index is 3770. The average Bonchev–Trinajstić information content (AvgIpc) is 3.70. The minimum Gasteiger partial charge on any atom is -0.311 e. The van der Waals surface area contributed by atoms with Crippen molar-refractivity contribution in [3.05, 3.63) is 173 Å². The van der Waals surface area contributed by atoms with Crippen LogP contribution in [-0.4, -0.2) is 6.71 Å². The number of benzene rings is 9. The Balaban J connectivity index is 1.21. The highest BCUT2D eigenvalue weighted by Gasteiger charge is 2.47.